The van der Waals surface area contributed by atoms with Gasteiger partial charge >= 0.3 is 0 Å². The predicted molar refractivity (Wildman–Crippen MR) is 201 cm³/mol. The zero-order valence-electron chi connectivity index (χ0n) is 35.7. The molecule has 0 fully saturated rings. The van der Waals surface area contributed by atoms with E-state index in [9.17, 15) is 79.0 Å². The highest BCUT2D eigenvalue weighted by atomic mass is 19.2. The van der Waals surface area contributed by atoms with Gasteiger partial charge < -0.3 is 10.5 Å². The highest BCUT2D eigenvalue weighted by molar-refractivity contribution is 7.10. The molecule has 0 aromatic heterocycles. The van der Waals surface area contributed by atoms with E-state index in [2.05, 4.69) is 0 Å². The first-order valence-corrected chi connectivity index (χ1v) is 20.2. The van der Waals surface area contributed by atoms with Gasteiger partial charge in [0.1, 0.15) is 69.8 Å². The van der Waals surface area contributed by atoms with Crippen molar-refractivity contribution in [3.05, 3.63) is 175 Å². The molecule has 0 unspecified atom stereocenters. The van der Waals surface area contributed by atoms with Gasteiger partial charge in [-0.1, -0.05) is 12.8 Å². The quantitative estimate of drug-likeness (QED) is 0.0353. The van der Waals surface area contributed by atoms with Crippen LogP contribution < -0.4 is 43.2 Å². The molecule has 0 radical (unpaired) electrons. The number of hydrogen-bond acceptors (Lipinski definition) is 2. The van der Waals surface area contributed by atoms with Crippen LogP contribution in [0, 0.1) is 175 Å². The summed E-state index contributed by atoms with van der Waals surface area (Å²) in [6, 6.07) is 0. The monoisotopic (exact) mass is 1140 g/mol. The topological polar surface area (TPSA) is 24.1 Å². The molecule has 6 aromatic rings. The van der Waals surface area contributed by atoms with Gasteiger partial charge in [0.25, 0.3) is 0 Å². The summed E-state index contributed by atoms with van der Waals surface area (Å²) >= 11 is 0. The highest BCUT2D eigenvalue weighted by Crippen LogP contribution is 2.30. The van der Waals surface area contributed by atoms with Gasteiger partial charge in [0.05, 0.1) is 0 Å². The third kappa shape index (κ3) is 8.51. The van der Waals surface area contributed by atoms with E-state index in [-0.39, 0.29) is 0 Å². The first kappa shape index (κ1) is 58.5. The van der Waals surface area contributed by atoms with E-state index < -0.39 is 259 Å². The molecule has 2 N–H and O–H groups in total. The number of rotatable bonds is 15. The van der Waals surface area contributed by atoms with Crippen molar-refractivity contribution in [2.75, 3.05) is 13.1 Å². The Labute approximate surface area is 400 Å². The molecule has 0 bridgehead atoms. The SMILES string of the molecule is Fc1c(F)c(F)c([B-](NCCCCCCN[B-](c2c(F)c(F)c(F)c(F)c2F)(c2c(F)c(F)c(F)c(F)c2F)c2c(F)c(F)c(F)c(F)c2F)(c2c(F)c(F)c(F)c(F)c2F)c2c(F)c(F)c(F)c(F)c2F)c(F)c1F. The molecular weight excluding hydrogens is 1120 g/mol. The van der Waals surface area contributed by atoms with E-state index >= 15 is 52.7 Å². The lowest BCUT2D eigenvalue weighted by atomic mass is 9.23. The van der Waals surface area contributed by atoms with Crippen molar-refractivity contribution in [1.82, 2.24) is 10.5 Å². The number of nitrogens with one attached hydrogen (secondary N) is 2. The molecule has 76 heavy (non-hydrogen) atoms. The van der Waals surface area contributed by atoms with E-state index in [1.165, 1.54) is 10.5 Å². The maximum absolute atomic E-state index is 15.8. The number of hydrogen-bond donors (Lipinski definition) is 2. The van der Waals surface area contributed by atoms with E-state index in [1.54, 1.807) is 0 Å². The molecule has 6 rings (SSSR count). The van der Waals surface area contributed by atoms with E-state index in [4.69, 9.17) is 0 Å². The van der Waals surface area contributed by atoms with Gasteiger partial charge in [-0.2, -0.15) is 0 Å². The van der Waals surface area contributed by atoms with Crippen LogP contribution in [0.5, 0.6) is 0 Å². The van der Waals surface area contributed by atoms with Crippen molar-refractivity contribution in [2.45, 2.75) is 25.7 Å². The molecule has 0 aliphatic carbocycles. The maximum atomic E-state index is 15.8. The van der Waals surface area contributed by atoms with Crippen LogP contribution in [0.4, 0.5) is 132 Å². The van der Waals surface area contributed by atoms with Gasteiger partial charge in [0, 0.05) is 0 Å². The van der Waals surface area contributed by atoms with Gasteiger partial charge in [-0.3, -0.25) is 0 Å². The fourth-order valence-corrected chi connectivity index (χ4v) is 8.73. The van der Waals surface area contributed by atoms with Gasteiger partial charge in [-0.15, -0.1) is 32.8 Å². The Bertz CT molecular complexity index is 2690. The van der Waals surface area contributed by atoms with Crippen LogP contribution in [0.2, 0.25) is 0 Å². The Morgan fingerprint density at radius 1 is 0.158 bits per heavy atom. The number of halogens is 30. The zero-order chi connectivity index (χ0) is 57.4. The van der Waals surface area contributed by atoms with Crippen molar-refractivity contribution < 1.29 is 132 Å². The molecule has 0 heterocycles. The Hall–Kier alpha value is -6.73. The average molecular weight is 1140 g/mol. The fourth-order valence-electron chi connectivity index (χ4n) is 8.73. The summed E-state index contributed by atoms with van der Waals surface area (Å²) in [5, 5.41) is 2.60. The summed E-state index contributed by atoms with van der Waals surface area (Å²) in [5.74, 6) is -101. The first-order valence-electron chi connectivity index (χ1n) is 20.2. The minimum Gasteiger partial charge on any atom is -0.476 e. The lowest BCUT2D eigenvalue weighted by Crippen LogP contribution is -2.81. The van der Waals surface area contributed by atoms with Crippen LogP contribution in [0.1, 0.15) is 25.7 Å². The second-order valence-corrected chi connectivity index (χ2v) is 16.0. The van der Waals surface area contributed by atoms with Crippen LogP contribution >= 0.6 is 0 Å². The Morgan fingerprint density at radius 3 is 0.382 bits per heavy atom. The summed E-state index contributed by atoms with van der Waals surface area (Å²) in [6.07, 6.45) is -17.0. The molecule has 0 spiro atoms. The molecular formula is C42H14B2F30N2-2. The molecule has 0 atom stereocenters. The van der Waals surface area contributed by atoms with E-state index in [0.717, 1.165) is 0 Å². The van der Waals surface area contributed by atoms with Gasteiger partial charge in [-0.05, 0) is 25.9 Å². The molecule has 0 amide bonds. The van der Waals surface area contributed by atoms with Crippen molar-refractivity contribution in [3.8, 4) is 0 Å². The fraction of sp³-hybridized carbons (Fsp3) is 0.143. The molecule has 0 aliphatic rings. The summed E-state index contributed by atoms with van der Waals surface area (Å²) in [5.41, 5.74) is -18.6. The Morgan fingerprint density at radius 2 is 0.263 bits per heavy atom. The van der Waals surface area contributed by atoms with Crippen molar-refractivity contribution in [1.29, 1.82) is 0 Å². The van der Waals surface area contributed by atoms with Crippen molar-refractivity contribution >= 4 is 45.3 Å². The lowest BCUT2D eigenvalue weighted by molar-refractivity contribution is 0.379. The second-order valence-electron chi connectivity index (χ2n) is 16.0. The lowest BCUT2D eigenvalue weighted by Gasteiger charge is -2.45. The van der Waals surface area contributed by atoms with E-state index in [1.807, 2.05) is 0 Å². The molecule has 410 valence electrons. The second kappa shape index (κ2) is 21.0. The van der Waals surface area contributed by atoms with Crippen LogP contribution in [-0.4, -0.2) is 25.7 Å². The third-order valence-corrected chi connectivity index (χ3v) is 12.1. The van der Waals surface area contributed by atoms with Gasteiger partial charge in [0.15, 0.2) is 117 Å². The molecule has 6 aromatic carbocycles. The number of benzene rings is 6. The molecule has 0 saturated heterocycles. The van der Waals surface area contributed by atoms with Gasteiger partial charge in [0.2, 0.25) is 0 Å². The molecule has 2 nitrogen and oxygen atoms in total. The van der Waals surface area contributed by atoms with Gasteiger partial charge in [-0.25, -0.2) is 132 Å². The van der Waals surface area contributed by atoms with Crippen LogP contribution in [0.25, 0.3) is 0 Å². The van der Waals surface area contributed by atoms with Crippen LogP contribution in [-0.2, 0) is 0 Å². The number of unbranched alkanes of at least 4 members (excludes halogenated alkanes) is 3. The summed E-state index contributed by atoms with van der Waals surface area (Å²) in [7, 11) is 0. The largest absolute Gasteiger partial charge is 0.476 e. The molecule has 0 saturated carbocycles. The zero-order valence-corrected chi connectivity index (χ0v) is 35.7. The van der Waals surface area contributed by atoms with Crippen molar-refractivity contribution in [2.24, 2.45) is 0 Å². The molecule has 34 heteroatoms. The van der Waals surface area contributed by atoms with Crippen LogP contribution in [0.3, 0.4) is 0 Å². The highest BCUT2D eigenvalue weighted by Gasteiger charge is 2.50. The standard InChI is InChI=1S/C42H14B2F30N2/c45-13-7(14(46)26(58)37(69)25(13)57)43(8-15(47)27(59)38(70)28(60)16(8)48,9-17(49)29(61)39(71)30(62)18(9)50)75-5-3-1-2-4-6-76-44(10-19(51)31(63)40(72)32(64)20(10)52,11-21(53)33(65)41(73)34(66)22(11)54)12-23(55)35(67)42(74)36(68)24(12)56/h75-76H,1-6H2/q-2. The van der Waals surface area contributed by atoms with Crippen LogP contribution in [0.15, 0.2) is 0 Å². The normalized spacial score (nSPS) is 12.2. The smallest absolute Gasteiger partial charge is 0.200 e. The Kier molecular flexibility index (Phi) is 16.2. The van der Waals surface area contributed by atoms with E-state index in [0.29, 0.717) is 0 Å². The summed E-state index contributed by atoms with van der Waals surface area (Å²) in [4.78, 5) is 0. The minimum absolute atomic E-state index is 0.986. The third-order valence-electron chi connectivity index (χ3n) is 12.1. The first-order chi connectivity index (χ1) is 35.3. The maximum Gasteiger partial charge on any atom is 0.200 e. The van der Waals surface area contributed by atoms with Crippen molar-refractivity contribution in [3.63, 3.8) is 0 Å². The Balaban J connectivity index is 1.52. The average Bonchev–Trinajstić information content (AvgIpc) is 3.39. The predicted octanol–water partition coefficient (Wildman–Crippen LogP) is 9.23. The molecule has 0 aliphatic heterocycles. The summed E-state index contributed by atoms with van der Waals surface area (Å²) < 4.78 is 453. The summed E-state index contributed by atoms with van der Waals surface area (Å²) in [6.45, 7) is -3.47. The minimum atomic E-state index is -6.33.